The lowest BCUT2D eigenvalue weighted by Gasteiger charge is -2.27. The summed E-state index contributed by atoms with van der Waals surface area (Å²) < 4.78 is 4.90. The Morgan fingerprint density at radius 3 is 2.41 bits per heavy atom. The molecule has 9 nitrogen and oxygen atoms in total. The summed E-state index contributed by atoms with van der Waals surface area (Å²) in [5.41, 5.74) is -0.0636. The molecule has 1 aromatic carbocycles. The quantitative estimate of drug-likeness (QED) is 0.594. The minimum absolute atomic E-state index is 0.0359. The van der Waals surface area contributed by atoms with Crippen molar-refractivity contribution >= 4 is 46.3 Å². The maximum absolute atomic E-state index is 12.7. The third-order valence-corrected chi connectivity index (χ3v) is 7.76. The Morgan fingerprint density at radius 2 is 1.76 bits per heavy atom. The van der Waals surface area contributed by atoms with Gasteiger partial charge in [-0.25, -0.2) is 4.79 Å². The van der Waals surface area contributed by atoms with E-state index in [1.54, 1.807) is 24.3 Å². The molecule has 4 rings (SSSR count). The molecule has 182 valence electrons. The minimum Gasteiger partial charge on any atom is -0.467 e. The number of likely N-dealkylation sites (tertiary alicyclic amines) is 1. The zero-order valence-corrected chi connectivity index (χ0v) is 20.1. The smallest absolute Gasteiger partial charge is 0.331 e. The molecule has 3 amide bonds. The minimum atomic E-state index is -0.973. The van der Waals surface area contributed by atoms with Crippen molar-refractivity contribution < 1.29 is 23.9 Å². The number of anilines is 1. The molecular weight excluding hydrogens is 456 g/mol. The van der Waals surface area contributed by atoms with Crippen LogP contribution in [0, 0.1) is 0 Å². The lowest BCUT2D eigenvalue weighted by Crippen LogP contribution is -2.53. The number of carbonyl (C=O) groups is 4. The van der Waals surface area contributed by atoms with Gasteiger partial charge in [0.25, 0.3) is 11.8 Å². The molecule has 2 aliphatic heterocycles. The Labute approximate surface area is 203 Å². The highest BCUT2D eigenvalue weighted by Crippen LogP contribution is 2.31. The second kappa shape index (κ2) is 10.6. The number of piperidine rings is 1. The second-order valence-electron chi connectivity index (χ2n) is 8.95. The van der Waals surface area contributed by atoms with Gasteiger partial charge in [-0.05, 0) is 56.4 Å². The van der Waals surface area contributed by atoms with Crippen molar-refractivity contribution in [3.63, 3.8) is 0 Å². The van der Waals surface area contributed by atoms with Crippen molar-refractivity contribution in [2.75, 3.05) is 25.5 Å². The number of rotatable bonds is 6. The fourth-order valence-electron chi connectivity index (χ4n) is 4.66. The summed E-state index contributed by atoms with van der Waals surface area (Å²) in [7, 11) is 1.32. The van der Waals surface area contributed by atoms with Crippen LogP contribution in [0.5, 0.6) is 0 Å². The molecule has 3 aliphatic rings. The summed E-state index contributed by atoms with van der Waals surface area (Å²) >= 11 is 1.36. The number of amidine groups is 1. The van der Waals surface area contributed by atoms with Gasteiger partial charge in [0.1, 0.15) is 10.8 Å². The molecule has 2 fully saturated rings. The molecule has 1 aliphatic carbocycles. The molecule has 0 radical (unpaired) electrons. The van der Waals surface area contributed by atoms with Gasteiger partial charge in [-0.15, -0.1) is 0 Å². The lowest BCUT2D eigenvalue weighted by atomic mass is 9.97. The standard InChI is InChI=1S/C24H30N4O5S/c1-33-22(32)24(11-3-4-12-24)27-20(30)16-7-9-17(10-8-16)25-19(29)15-18-21(31)26-23(34-18)28-13-5-2-6-14-28/h7-10,18H,2-6,11-15H2,1H3,(H,25,29)(H,27,30). The third kappa shape index (κ3) is 5.43. The molecule has 1 unspecified atom stereocenters. The van der Waals surface area contributed by atoms with E-state index in [4.69, 9.17) is 4.74 Å². The molecule has 1 atom stereocenters. The van der Waals surface area contributed by atoms with Crippen LogP contribution < -0.4 is 10.6 Å². The van der Waals surface area contributed by atoms with E-state index < -0.39 is 16.8 Å². The first kappa shape index (κ1) is 24.3. The number of esters is 1. The predicted octanol–water partition coefficient (Wildman–Crippen LogP) is 2.71. The van der Waals surface area contributed by atoms with Gasteiger partial charge < -0.3 is 20.3 Å². The van der Waals surface area contributed by atoms with Crippen LogP contribution >= 0.6 is 11.8 Å². The van der Waals surface area contributed by atoms with Crippen LogP contribution in [0.1, 0.15) is 61.7 Å². The Balaban J connectivity index is 1.29. The van der Waals surface area contributed by atoms with Crippen LogP contribution in [-0.4, -0.2) is 64.7 Å². The second-order valence-corrected chi connectivity index (χ2v) is 10.1. The SMILES string of the molecule is COC(=O)C1(NC(=O)c2ccc(NC(=O)CC3SC(N4CCCCC4)=NC3=O)cc2)CCCC1. The first-order chi connectivity index (χ1) is 16.4. The molecular formula is C24H30N4O5S. The summed E-state index contributed by atoms with van der Waals surface area (Å²) in [4.78, 5) is 56.0. The van der Waals surface area contributed by atoms with E-state index in [0.717, 1.165) is 43.9 Å². The monoisotopic (exact) mass is 486 g/mol. The third-order valence-electron chi connectivity index (χ3n) is 6.54. The number of methoxy groups -OCH3 is 1. The van der Waals surface area contributed by atoms with E-state index in [-0.39, 0.29) is 24.1 Å². The maximum atomic E-state index is 12.7. The molecule has 2 N–H and O–H groups in total. The number of ether oxygens (including phenoxy) is 1. The normalized spacial score (nSPS) is 21.7. The molecule has 2 heterocycles. The highest BCUT2D eigenvalue weighted by Gasteiger charge is 2.43. The number of carbonyl (C=O) groups excluding carboxylic acids is 4. The van der Waals surface area contributed by atoms with Crippen LogP contribution in [0.25, 0.3) is 0 Å². The summed E-state index contributed by atoms with van der Waals surface area (Å²) in [6.07, 6.45) is 6.24. The molecule has 0 spiro atoms. The predicted molar refractivity (Wildman–Crippen MR) is 130 cm³/mol. The number of thioether (sulfide) groups is 1. The molecule has 10 heteroatoms. The van der Waals surface area contributed by atoms with E-state index in [1.165, 1.54) is 25.3 Å². The van der Waals surface area contributed by atoms with Crippen molar-refractivity contribution in [3.8, 4) is 0 Å². The highest BCUT2D eigenvalue weighted by molar-refractivity contribution is 8.15. The zero-order valence-electron chi connectivity index (χ0n) is 19.3. The van der Waals surface area contributed by atoms with Crippen molar-refractivity contribution in [3.05, 3.63) is 29.8 Å². The van der Waals surface area contributed by atoms with Gasteiger partial charge in [0.15, 0.2) is 5.17 Å². The van der Waals surface area contributed by atoms with Crippen LogP contribution in [0.15, 0.2) is 29.3 Å². The average Bonchev–Trinajstić information content (AvgIpc) is 3.47. The molecule has 0 aromatic heterocycles. The summed E-state index contributed by atoms with van der Waals surface area (Å²) in [6.45, 7) is 1.80. The van der Waals surface area contributed by atoms with Gasteiger partial charge in [-0.1, -0.05) is 24.6 Å². The summed E-state index contributed by atoms with van der Waals surface area (Å²) in [5, 5.41) is 5.84. The Kier molecular flexibility index (Phi) is 7.55. The topological polar surface area (TPSA) is 117 Å². The maximum Gasteiger partial charge on any atom is 0.331 e. The Morgan fingerprint density at radius 1 is 1.09 bits per heavy atom. The van der Waals surface area contributed by atoms with Crippen LogP contribution in [0.2, 0.25) is 0 Å². The van der Waals surface area contributed by atoms with Gasteiger partial charge in [0, 0.05) is 30.8 Å². The Hall–Kier alpha value is -2.88. The lowest BCUT2D eigenvalue weighted by molar-refractivity contribution is -0.148. The first-order valence-electron chi connectivity index (χ1n) is 11.8. The van der Waals surface area contributed by atoms with Crippen molar-refractivity contribution in [2.45, 2.75) is 62.2 Å². The summed E-state index contributed by atoms with van der Waals surface area (Å²) in [5.74, 6) is -1.33. The zero-order chi connectivity index (χ0) is 24.1. The number of hydrogen-bond acceptors (Lipinski definition) is 7. The van der Waals surface area contributed by atoms with Gasteiger partial charge in [-0.2, -0.15) is 4.99 Å². The number of benzene rings is 1. The van der Waals surface area contributed by atoms with Crippen molar-refractivity contribution in [1.82, 2.24) is 10.2 Å². The molecule has 34 heavy (non-hydrogen) atoms. The van der Waals surface area contributed by atoms with Crippen LogP contribution in [0.4, 0.5) is 5.69 Å². The number of nitrogens with zero attached hydrogens (tertiary/aromatic N) is 2. The average molecular weight is 487 g/mol. The van der Waals surface area contributed by atoms with Gasteiger partial charge in [0.2, 0.25) is 5.91 Å². The van der Waals surface area contributed by atoms with E-state index in [0.29, 0.717) is 24.1 Å². The van der Waals surface area contributed by atoms with E-state index in [9.17, 15) is 19.2 Å². The molecule has 1 saturated heterocycles. The number of hydrogen-bond donors (Lipinski definition) is 2. The molecule has 0 bridgehead atoms. The largest absolute Gasteiger partial charge is 0.467 e. The first-order valence-corrected chi connectivity index (χ1v) is 12.6. The van der Waals surface area contributed by atoms with E-state index >= 15 is 0 Å². The number of nitrogens with one attached hydrogen (secondary N) is 2. The van der Waals surface area contributed by atoms with Gasteiger partial charge in [-0.3, -0.25) is 14.4 Å². The van der Waals surface area contributed by atoms with E-state index in [1.807, 2.05) is 0 Å². The van der Waals surface area contributed by atoms with Gasteiger partial charge >= 0.3 is 5.97 Å². The fourth-order valence-corrected chi connectivity index (χ4v) is 5.78. The number of amides is 3. The molecule has 1 aromatic rings. The van der Waals surface area contributed by atoms with Crippen LogP contribution in [-0.2, 0) is 19.1 Å². The van der Waals surface area contributed by atoms with Crippen molar-refractivity contribution in [2.24, 2.45) is 4.99 Å². The fraction of sp³-hybridized carbons (Fsp3) is 0.542. The van der Waals surface area contributed by atoms with Crippen molar-refractivity contribution in [1.29, 1.82) is 0 Å². The Bertz CT molecular complexity index is 982. The molecule has 1 saturated carbocycles. The summed E-state index contributed by atoms with van der Waals surface area (Å²) in [6, 6.07) is 6.45. The number of aliphatic imine (C=N–C) groups is 1. The van der Waals surface area contributed by atoms with Gasteiger partial charge in [0.05, 0.1) is 7.11 Å². The highest BCUT2D eigenvalue weighted by atomic mass is 32.2. The van der Waals surface area contributed by atoms with Crippen LogP contribution in [0.3, 0.4) is 0 Å². The van der Waals surface area contributed by atoms with E-state index in [2.05, 4.69) is 20.5 Å².